The molecule has 0 unspecified atom stereocenters. The van der Waals surface area contributed by atoms with Crippen molar-refractivity contribution in [1.29, 1.82) is 0 Å². The lowest BCUT2D eigenvalue weighted by Crippen LogP contribution is -2.35. The predicted octanol–water partition coefficient (Wildman–Crippen LogP) is 1.16. The SMILES string of the molecule is CNC(=O)CNCCNCCCCCOc1ccccc1. The van der Waals surface area contributed by atoms with Crippen molar-refractivity contribution in [3.63, 3.8) is 0 Å². The Labute approximate surface area is 127 Å². The van der Waals surface area contributed by atoms with Crippen molar-refractivity contribution in [1.82, 2.24) is 16.0 Å². The first-order chi connectivity index (χ1) is 10.3. The van der Waals surface area contributed by atoms with Crippen LogP contribution in [0.25, 0.3) is 0 Å². The number of carbonyl (C=O) groups is 1. The van der Waals surface area contributed by atoms with E-state index in [1.807, 2.05) is 30.3 Å². The van der Waals surface area contributed by atoms with Crippen LogP contribution in [0.5, 0.6) is 5.75 Å². The molecule has 0 spiro atoms. The Kier molecular flexibility index (Phi) is 10.1. The van der Waals surface area contributed by atoms with Crippen molar-refractivity contribution < 1.29 is 9.53 Å². The minimum absolute atomic E-state index is 0.0217. The molecule has 0 aromatic heterocycles. The first-order valence-electron chi connectivity index (χ1n) is 7.63. The highest BCUT2D eigenvalue weighted by atomic mass is 16.5. The smallest absolute Gasteiger partial charge is 0.233 e. The number of benzene rings is 1. The highest BCUT2D eigenvalue weighted by molar-refractivity contribution is 5.77. The molecule has 0 aliphatic carbocycles. The van der Waals surface area contributed by atoms with Crippen molar-refractivity contribution >= 4 is 5.91 Å². The number of carbonyl (C=O) groups excluding carboxylic acids is 1. The molecule has 0 radical (unpaired) electrons. The Bertz CT molecular complexity index is 371. The minimum Gasteiger partial charge on any atom is -0.494 e. The van der Waals surface area contributed by atoms with E-state index in [1.54, 1.807) is 7.05 Å². The second kappa shape index (κ2) is 12.2. The summed E-state index contributed by atoms with van der Waals surface area (Å²) in [7, 11) is 1.64. The van der Waals surface area contributed by atoms with Crippen LogP contribution < -0.4 is 20.7 Å². The van der Waals surface area contributed by atoms with Gasteiger partial charge >= 0.3 is 0 Å². The van der Waals surface area contributed by atoms with Crippen molar-refractivity contribution in [3.8, 4) is 5.75 Å². The van der Waals surface area contributed by atoms with Gasteiger partial charge in [-0.3, -0.25) is 4.79 Å². The quantitative estimate of drug-likeness (QED) is 0.506. The van der Waals surface area contributed by atoms with Gasteiger partial charge in [0.25, 0.3) is 0 Å². The number of para-hydroxylation sites is 1. The third-order valence-electron chi connectivity index (χ3n) is 3.05. The Morgan fingerprint density at radius 1 is 1.00 bits per heavy atom. The van der Waals surface area contributed by atoms with E-state index in [0.717, 1.165) is 51.3 Å². The third-order valence-corrected chi connectivity index (χ3v) is 3.05. The zero-order valence-corrected chi connectivity index (χ0v) is 12.9. The van der Waals surface area contributed by atoms with E-state index in [-0.39, 0.29) is 5.91 Å². The van der Waals surface area contributed by atoms with Crippen LogP contribution in [0.15, 0.2) is 30.3 Å². The van der Waals surface area contributed by atoms with Gasteiger partial charge in [-0.05, 0) is 37.9 Å². The van der Waals surface area contributed by atoms with Crippen LogP contribution in [0, 0.1) is 0 Å². The molecule has 0 saturated heterocycles. The molecule has 0 fully saturated rings. The largest absolute Gasteiger partial charge is 0.494 e. The fourth-order valence-corrected chi connectivity index (χ4v) is 1.83. The van der Waals surface area contributed by atoms with Gasteiger partial charge in [0.15, 0.2) is 0 Å². The number of hydrogen-bond donors (Lipinski definition) is 3. The van der Waals surface area contributed by atoms with E-state index in [9.17, 15) is 4.79 Å². The maximum atomic E-state index is 10.9. The highest BCUT2D eigenvalue weighted by Gasteiger charge is 1.95. The average Bonchev–Trinajstić information content (AvgIpc) is 2.53. The van der Waals surface area contributed by atoms with Gasteiger partial charge in [0.1, 0.15) is 5.75 Å². The van der Waals surface area contributed by atoms with Crippen LogP contribution in [-0.4, -0.2) is 45.7 Å². The van der Waals surface area contributed by atoms with Crippen LogP contribution in [0.2, 0.25) is 0 Å². The second-order valence-corrected chi connectivity index (χ2v) is 4.82. The summed E-state index contributed by atoms with van der Waals surface area (Å²) in [5.41, 5.74) is 0. The average molecular weight is 293 g/mol. The molecule has 0 heterocycles. The molecule has 0 aliphatic rings. The molecule has 0 atom stereocenters. The standard InChI is InChI=1S/C16H27N3O2/c1-17-16(20)14-19-12-11-18-10-6-3-7-13-21-15-8-4-2-5-9-15/h2,4-5,8-9,18-19H,3,6-7,10-14H2,1H3,(H,17,20). The number of amides is 1. The van der Waals surface area contributed by atoms with Gasteiger partial charge in [0.05, 0.1) is 13.2 Å². The molecule has 1 rings (SSSR count). The number of likely N-dealkylation sites (N-methyl/N-ethyl adjacent to an activating group) is 1. The molecule has 21 heavy (non-hydrogen) atoms. The predicted molar refractivity (Wildman–Crippen MR) is 85.6 cm³/mol. The van der Waals surface area contributed by atoms with Crippen LogP contribution >= 0.6 is 0 Å². The number of hydrogen-bond acceptors (Lipinski definition) is 4. The summed E-state index contributed by atoms with van der Waals surface area (Å²) >= 11 is 0. The normalized spacial score (nSPS) is 10.3. The minimum atomic E-state index is 0.0217. The van der Waals surface area contributed by atoms with E-state index in [1.165, 1.54) is 0 Å². The Morgan fingerprint density at radius 2 is 1.76 bits per heavy atom. The zero-order valence-electron chi connectivity index (χ0n) is 12.9. The van der Waals surface area contributed by atoms with Gasteiger partial charge in [-0.1, -0.05) is 18.2 Å². The molecule has 5 nitrogen and oxygen atoms in total. The number of rotatable bonds is 12. The molecule has 0 saturated carbocycles. The van der Waals surface area contributed by atoms with Crippen molar-refractivity contribution in [2.75, 3.05) is 39.8 Å². The van der Waals surface area contributed by atoms with Crippen molar-refractivity contribution in [2.45, 2.75) is 19.3 Å². The molecule has 0 bridgehead atoms. The molecule has 1 aromatic carbocycles. The summed E-state index contributed by atoms with van der Waals surface area (Å²) < 4.78 is 5.63. The molecule has 118 valence electrons. The lowest BCUT2D eigenvalue weighted by atomic mass is 10.2. The maximum Gasteiger partial charge on any atom is 0.233 e. The molecule has 1 aromatic rings. The number of unbranched alkanes of at least 4 members (excludes halogenated alkanes) is 2. The first-order valence-corrected chi connectivity index (χ1v) is 7.63. The van der Waals surface area contributed by atoms with Gasteiger partial charge in [-0.2, -0.15) is 0 Å². The lowest BCUT2D eigenvalue weighted by molar-refractivity contribution is -0.119. The van der Waals surface area contributed by atoms with Crippen LogP contribution in [-0.2, 0) is 4.79 Å². The maximum absolute atomic E-state index is 10.9. The van der Waals surface area contributed by atoms with E-state index < -0.39 is 0 Å². The fraction of sp³-hybridized carbons (Fsp3) is 0.562. The van der Waals surface area contributed by atoms with Gasteiger partial charge in [0, 0.05) is 20.1 Å². The number of ether oxygens (including phenoxy) is 1. The number of nitrogens with one attached hydrogen (secondary N) is 3. The van der Waals surface area contributed by atoms with E-state index in [0.29, 0.717) is 6.54 Å². The van der Waals surface area contributed by atoms with E-state index in [2.05, 4.69) is 16.0 Å². The summed E-state index contributed by atoms with van der Waals surface area (Å²) in [6.45, 7) is 3.86. The Balaban J connectivity index is 1.80. The third kappa shape index (κ3) is 9.87. The van der Waals surface area contributed by atoms with Gasteiger partial charge in [-0.25, -0.2) is 0 Å². The fourth-order valence-electron chi connectivity index (χ4n) is 1.83. The summed E-state index contributed by atoms with van der Waals surface area (Å²) in [5, 5.41) is 9.00. The van der Waals surface area contributed by atoms with Crippen molar-refractivity contribution in [2.24, 2.45) is 0 Å². The van der Waals surface area contributed by atoms with Crippen LogP contribution in [0.4, 0.5) is 0 Å². The van der Waals surface area contributed by atoms with Gasteiger partial charge < -0.3 is 20.7 Å². The Hall–Kier alpha value is -1.59. The molecule has 5 heteroatoms. The zero-order chi connectivity index (χ0) is 15.2. The van der Waals surface area contributed by atoms with E-state index in [4.69, 9.17) is 4.74 Å². The van der Waals surface area contributed by atoms with Crippen LogP contribution in [0.3, 0.4) is 0 Å². The summed E-state index contributed by atoms with van der Waals surface area (Å²) in [6.07, 6.45) is 3.38. The monoisotopic (exact) mass is 293 g/mol. The van der Waals surface area contributed by atoms with E-state index >= 15 is 0 Å². The lowest BCUT2D eigenvalue weighted by Gasteiger charge is -2.07. The molecule has 1 amide bonds. The Morgan fingerprint density at radius 3 is 2.52 bits per heavy atom. The van der Waals surface area contributed by atoms with Crippen LogP contribution in [0.1, 0.15) is 19.3 Å². The second-order valence-electron chi connectivity index (χ2n) is 4.82. The summed E-state index contributed by atoms with van der Waals surface area (Å²) in [6, 6.07) is 9.91. The highest BCUT2D eigenvalue weighted by Crippen LogP contribution is 2.08. The molecular weight excluding hydrogens is 266 g/mol. The molecule has 0 aliphatic heterocycles. The summed E-state index contributed by atoms with van der Waals surface area (Å²) in [5.74, 6) is 0.964. The van der Waals surface area contributed by atoms with Gasteiger partial charge in [0.2, 0.25) is 5.91 Å². The topological polar surface area (TPSA) is 62.4 Å². The molecule has 3 N–H and O–H groups in total. The molecular formula is C16H27N3O2. The van der Waals surface area contributed by atoms with Gasteiger partial charge in [-0.15, -0.1) is 0 Å². The first kappa shape index (κ1) is 17.5. The summed E-state index contributed by atoms with van der Waals surface area (Å²) in [4.78, 5) is 10.9. The van der Waals surface area contributed by atoms with Crippen molar-refractivity contribution in [3.05, 3.63) is 30.3 Å².